The van der Waals surface area contributed by atoms with Crippen molar-refractivity contribution in [3.8, 4) is 11.7 Å². The minimum Gasteiger partial charge on any atom is -0.402 e. The van der Waals surface area contributed by atoms with Crippen molar-refractivity contribution >= 4 is 5.91 Å². The summed E-state index contributed by atoms with van der Waals surface area (Å²) in [5.74, 6) is -2.37. The van der Waals surface area contributed by atoms with Crippen LogP contribution in [-0.4, -0.2) is 37.0 Å². The molecule has 1 atom stereocenters. The highest BCUT2D eigenvalue weighted by molar-refractivity contribution is 5.94. The van der Waals surface area contributed by atoms with Crippen molar-refractivity contribution in [1.82, 2.24) is 30.0 Å². The van der Waals surface area contributed by atoms with E-state index in [4.69, 9.17) is 0 Å². The lowest BCUT2D eigenvalue weighted by molar-refractivity contribution is -0.274. The highest BCUT2D eigenvalue weighted by Crippen LogP contribution is 2.36. The summed E-state index contributed by atoms with van der Waals surface area (Å²) >= 11 is 0. The van der Waals surface area contributed by atoms with Crippen LogP contribution in [-0.2, 0) is 12.4 Å². The predicted molar refractivity (Wildman–Crippen MR) is 96.0 cm³/mol. The Morgan fingerprint density at radius 3 is 1.94 bits per heavy atom. The van der Waals surface area contributed by atoms with Gasteiger partial charge in [-0.15, -0.1) is 18.3 Å². The molecular formula is C18H11F9N6O2. The van der Waals surface area contributed by atoms with E-state index in [-0.39, 0.29) is 30.0 Å². The van der Waals surface area contributed by atoms with Crippen molar-refractivity contribution in [3.05, 3.63) is 59.4 Å². The molecule has 0 saturated carbocycles. The molecule has 8 nitrogen and oxygen atoms in total. The molecule has 0 aliphatic heterocycles. The second kappa shape index (κ2) is 9.03. The molecule has 2 heterocycles. The molecule has 35 heavy (non-hydrogen) atoms. The number of nitrogens with zero attached hydrogens (tertiary/aromatic N) is 5. The Morgan fingerprint density at radius 1 is 0.914 bits per heavy atom. The Hall–Kier alpha value is -3.92. The Bertz CT molecular complexity index is 1170. The molecule has 1 N–H and O–H groups in total. The van der Waals surface area contributed by atoms with Gasteiger partial charge in [-0.25, -0.2) is 15.0 Å². The Labute approximate surface area is 188 Å². The molecule has 1 aromatic carbocycles. The number of carbonyl (C=O) groups is 1. The van der Waals surface area contributed by atoms with E-state index in [1.807, 2.05) is 0 Å². The minimum atomic E-state index is -5.14. The van der Waals surface area contributed by atoms with Crippen LogP contribution in [0.4, 0.5) is 39.5 Å². The van der Waals surface area contributed by atoms with Crippen molar-refractivity contribution < 1.29 is 49.0 Å². The maximum absolute atomic E-state index is 13.0. The molecule has 2 aromatic heterocycles. The number of ether oxygens (including phenoxy) is 1. The van der Waals surface area contributed by atoms with E-state index in [0.29, 0.717) is 12.4 Å². The van der Waals surface area contributed by atoms with E-state index < -0.39 is 53.1 Å². The first-order valence-electron chi connectivity index (χ1n) is 9.13. The molecule has 3 aromatic rings. The average Bonchev–Trinajstić information content (AvgIpc) is 3.22. The Kier molecular flexibility index (Phi) is 6.63. The van der Waals surface area contributed by atoms with Gasteiger partial charge in [-0.1, -0.05) is 0 Å². The summed E-state index contributed by atoms with van der Waals surface area (Å²) in [5, 5.41) is 6.06. The van der Waals surface area contributed by atoms with E-state index in [1.54, 1.807) is 0 Å². The summed E-state index contributed by atoms with van der Waals surface area (Å²) in [6.45, 7) is 1.29. The number of carbonyl (C=O) groups excluding carboxylic acids is 1. The molecule has 0 saturated heterocycles. The quantitative estimate of drug-likeness (QED) is 0.505. The fraction of sp³-hybridized carbons (Fsp3) is 0.278. The fourth-order valence-electron chi connectivity index (χ4n) is 2.62. The molecule has 1 unspecified atom stereocenters. The number of hydrogen-bond acceptors (Lipinski definition) is 6. The zero-order valence-electron chi connectivity index (χ0n) is 17.0. The lowest BCUT2D eigenvalue weighted by Gasteiger charge is -2.15. The zero-order valence-corrected chi connectivity index (χ0v) is 17.0. The van der Waals surface area contributed by atoms with Crippen LogP contribution in [0.3, 0.4) is 0 Å². The van der Waals surface area contributed by atoms with Gasteiger partial charge in [-0.2, -0.15) is 31.0 Å². The first-order valence-corrected chi connectivity index (χ1v) is 9.13. The molecule has 0 aliphatic rings. The largest absolute Gasteiger partial charge is 0.573 e. The van der Waals surface area contributed by atoms with Crippen LogP contribution in [0.5, 0.6) is 5.75 Å². The van der Waals surface area contributed by atoms with Crippen LogP contribution in [0.15, 0.2) is 36.9 Å². The summed E-state index contributed by atoms with van der Waals surface area (Å²) in [6, 6.07) is -0.696. The van der Waals surface area contributed by atoms with Gasteiger partial charge < -0.3 is 10.1 Å². The standard InChI is InChI=1S/C18H11F9N6O2/c1-8(13-30-7-33(32-13)15-28-5-12(6-29-15)35-18(25,26)27)31-14(34)9-2-10(16(19,20)21)4-11(3-9)17(22,23)24/h2-8H,1H3,(H,31,34). The molecule has 0 radical (unpaired) electrons. The smallest absolute Gasteiger partial charge is 0.402 e. The van der Waals surface area contributed by atoms with Gasteiger partial charge in [0.1, 0.15) is 6.33 Å². The molecule has 0 spiro atoms. The number of benzene rings is 1. The molecule has 0 fully saturated rings. The number of alkyl halides is 9. The van der Waals surface area contributed by atoms with Crippen LogP contribution in [0, 0.1) is 0 Å². The maximum Gasteiger partial charge on any atom is 0.573 e. The van der Waals surface area contributed by atoms with Gasteiger partial charge in [0.25, 0.3) is 11.9 Å². The van der Waals surface area contributed by atoms with Crippen LogP contribution < -0.4 is 10.1 Å². The summed E-state index contributed by atoms with van der Waals surface area (Å²) in [6.07, 6.45) is -12.8. The highest BCUT2D eigenvalue weighted by Gasteiger charge is 2.37. The molecule has 188 valence electrons. The SMILES string of the molecule is CC(NC(=O)c1cc(C(F)(F)F)cc(C(F)(F)F)c1)c1ncn(-c2ncc(OC(F)(F)F)cn2)n1. The van der Waals surface area contributed by atoms with Crippen LogP contribution in [0.1, 0.15) is 40.3 Å². The average molecular weight is 514 g/mol. The number of hydrogen-bond donors (Lipinski definition) is 1. The van der Waals surface area contributed by atoms with Gasteiger partial charge in [-0.3, -0.25) is 4.79 Å². The van der Waals surface area contributed by atoms with E-state index >= 15 is 0 Å². The zero-order chi connectivity index (χ0) is 26.2. The lowest BCUT2D eigenvalue weighted by Crippen LogP contribution is -2.28. The van der Waals surface area contributed by atoms with Gasteiger partial charge in [0.05, 0.1) is 29.6 Å². The minimum absolute atomic E-state index is 0.117. The molecule has 0 aliphatic carbocycles. The summed E-state index contributed by atoms with van der Waals surface area (Å²) in [5.41, 5.74) is -4.23. The first-order chi connectivity index (χ1) is 16.0. The number of rotatable bonds is 5. The molecule has 3 rings (SSSR count). The van der Waals surface area contributed by atoms with E-state index in [0.717, 1.165) is 11.0 Å². The molecule has 1 amide bonds. The third-order valence-corrected chi connectivity index (χ3v) is 4.15. The van der Waals surface area contributed by atoms with E-state index in [9.17, 15) is 44.3 Å². The molecule has 0 bridgehead atoms. The number of amides is 1. The normalized spacial score (nSPS) is 13.4. The van der Waals surface area contributed by atoms with Crippen molar-refractivity contribution in [2.24, 2.45) is 0 Å². The fourth-order valence-corrected chi connectivity index (χ4v) is 2.62. The van der Waals surface area contributed by atoms with Crippen LogP contribution in [0.25, 0.3) is 5.95 Å². The topological polar surface area (TPSA) is 94.8 Å². The van der Waals surface area contributed by atoms with Crippen molar-refractivity contribution in [1.29, 1.82) is 0 Å². The third-order valence-electron chi connectivity index (χ3n) is 4.15. The van der Waals surface area contributed by atoms with Gasteiger partial charge >= 0.3 is 18.7 Å². The second-order valence-corrected chi connectivity index (χ2v) is 6.80. The highest BCUT2D eigenvalue weighted by atomic mass is 19.4. The van der Waals surface area contributed by atoms with Gasteiger partial charge in [0, 0.05) is 5.56 Å². The molecule has 17 heteroatoms. The Morgan fingerprint density at radius 2 is 1.46 bits per heavy atom. The summed E-state index contributed by atoms with van der Waals surface area (Å²) in [4.78, 5) is 23.4. The van der Waals surface area contributed by atoms with Crippen molar-refractivity contribution in [2.45, 2.75) is 31.7 Å². The van der Waals surface area contributed by atoms with Crippen molar-refractivity contribution in [3.63, 3.8) is 0 Å². The first kappa shape index (κ1) is 25.7. The number of aromatic nitrogens is 5. The lowest BCUT2D eigenvalue weighted by atomic mass is 10.0. The third kappa shape index (κ3) is 6.57. The maximum atomic E-state index is 13.0. The second-order valence-electron chi connectivity index (χ2n) is 6.80. The van der Waals surface area contributed by atoms with Gasteiger partial charge in [-0.05, 0) is 25.1 Å². The van der Waals surface area contributed by atoms with Crippen LogP contribution >= 0.6 is 0 Å². The van der Waals surface area contributed by atoms with Crippen LogP contribution in [0.2, 0.25) is 0 Å². The van der Waals surface area contributed by atoms with Crippen molar-refractivity contribution in [2.75, 3.05) is 0 Å². The van der Waals surface area contributed by atoms with E-state index in [1.165, 1.54) is 6.92 Å². The number of halogens is 9. The van der Waals surface area contributed by atoms with Gasteiger partial charge in [0.2, 0.25) is 0 Å². The van der Waals surface area contributed by atoms with E-state index in [2.05, 4.69) is 30.1 Å². The van der Waals surface area contributed by atoms with Gasteiger partial charge in [0.15, 0.2) is 11.6 Å². The monoisotopic (exact) mass is 514 g/mol. The Balaban J connectivity index is 1.78. The molecular weight excluding hydrogens is 503 g/mol. The predicted octanol–water partition coefficient (Wildman–Crippen LogP) is 4.48. The summed E-state index contributed by atoms with van der Waals surface area (Å²) in [7, 11) is 0. The summed E-state index contributed by atoms with van der Waals surface area (Å²) < 4.78 is 119. The number of nitrogens with one attached hydrogen (secondary N) is 1.